The number of rotatable bonds is 32. The SMILES string of the molecule is CCCCC/C=C\C/C=C\CCCCCCCCO[C@H]1C[C@H](C)C[C@H]1OCCCCCCCC/C=C\C/C=C\CCCCC. The van der Waals surface area contributed by atoms with Gasteiger partial charge in [-0.3, -0.25) is 0 Å². The number of hydrogen-bond acceptors (Lipinski definition) is 2. The van der Waals surface area contributed by atoms with Crippen molar-refractivity contribution in [1.82, 2.24) is 0 Å². The third kappa shape index (κ3) is 27.2. The molecule has 2 heteroatoms. The summed E-state index contributed by atoms with van der Waals surface area (Å²) >= 11 is 0. The molecule has 1 saturated carbocycles. The molecule has 0 aromatic carbocycles. The summed E-state index contributed by atoms with van der Waals surface area (Å²) in [7, 11) is 0. The van der Waals surface area contributed by atoms with Gasteiger partial charge >= 0.3 is 0 Å². The van der Waals surface area contributed by atoms with Gasteiger partial charge < -0.3 is 9.47 Å². The molecule has 256 valence electrons. The molecule has 0 spiro atoms. The van der Waals surface area contributed by atoms with Crippen LogP contribution in [0.2, 0.25) is 0 Å². The Morgan fingerprint density at radius 2 is 0.727 bits per heavy atom. The Morgan fingerprint density at radius 3 is 1.09 bits per heavy atom. The average molecular weight is 613 g/mol. The normalized spacial score (nSPS) is 19.2. The lowest BCUT2D eigenvalue weighted by molar-refractivity contribution is -0.0578. The summed E-state index contributed by atoms with van der Waals surface area (Å²) in [6.45, 7) is 8.72. The number of unbranched alkanes of at least 4 members (excludes halogenated alkanes) is 18. The molecular weight excluding hydrogens is 536 g/mol. The minimum absolute atomic E-state index is 0.326. The van der Waals surface area contributed by atoms with Crippen LogP contribution >= 0.6 is 0 Å². The van der Waals surface area contributed by atoms with E-state index in [2.05, 4.69) is 69.4 Å². The van der Waals surface area contributed by atoms with Crippen LogP contribution in [0.4, 0.5) is 0 Å². The third-order valence-corrected chi connectivity index (χ3v) is 9.04. The maximum absolute atomic E-state index is 6.34. The molecule has 1 rings (SSSR count). The van der Waals surface area contributed by atoms with Crippen LogP contribution in [0.15, 0.2) is 48.6 Å². The predicted molar refractivity (Wildman–Crippen MR) is 197 cm³/mol. The molecule has 3 atom stereocenters. The molecule has 0 amide bonds. The van der Waals surface area contributed by atoms with Crippen molar-refractivity contribution < 1.29 is 9.47 Å². The topological polar surface area (TPSA) is 18.5 Å². The molecule has 0 radical (unpaired) electrons. The standard InChI is InChI=1S/C42H76O2/c1-4-6-8-10-12-14-16-18-20-22-24-26-28-30-32-34-36-43-41-38-40(3)39-42(41)44-37-35-33-31-29-27-25-23-21-19-17-15-13-11-9-7-5-2/h12-15,18-21,40-42H,4-11,16-17,22-39H2,1-3H3/b14-12-,15-13-,20-18-,21-19-/t40-,41-,42+. The molecule has 0 aromatic rings. The summed E-state index contributed by atoms with van der Waals surface area (Å²) in [6, 6.07) is 0. The fourth-order valence-electron chi connectivity index (χ4n) is 6.19. The molecule has 1 aliphatic rings. The second-order valence-electron chi connectivity index (χ2n) is 13.6. The van der Waals surface area contributed by atoms with E-state index in [9.17, 15) is 0 Å². The van der Waals surface area contributed by atoms with E-state index in [1.165, 1.54) is 154 Å². The van der Waals surface area contributed by atoms with Gasteiger partial charge in [-0.05, 0) is 95.8 Å². The lowest BCUT2D eigenvalue weighted by atomic mass is 10.1. The van der Waals surface area contributed by atoms with E-state index in [1.54, 1.807) is 0 Å². The quantitative estimate of drug-likeness (QED) is 0.0556. The van der Waals surface area contributed by atoms with E-state index >= 15 is 0 Å². The largest absolute Gasteiger partial charge is 0.376 e. The van der Waals surface area contributed by atoms with Crippen molar-refractivity contribution in [3.8, 4) is 0 Å². The van der Waals surface area contributed by atoms with Gasteiger partial charge in [0.2, 0.25) is 0 Å². The molecule has 0 aromatic heterocycles. The zero-order valence-electron chi connectivity index (χ0n) is 30.0. The molecular formula is C42H76O2. The van der Waals surface area contributed by atoms with Crippen LogP contribution in [0, 0.1) is 5.92 Å². The number of ether oxygens (including phenoxy) is 2. The Labute approximate surface area is 276 Å². The monoisotopic (exact) mass is 613 g/mol. The van der Waals surface area contributed by atoms with Gasteiger partial charge in [-0.2, -0.15) is 0 Å². The summed E-state index contributed by atoms with van der Waals surface area (Å²) in [5.41, 5.74) is 0. The van der Waals surface area contributed by atoms with E-state index in [1.807, 2.05) is 0 Å². The lowest BCUT2D eigenvalue weighted by Crippen LogP contribution is -2.27. The molecule has 44 heavy (non-hydrogen) atoms. The fraction of sp³-hybridized carbons (Fsp3) is 0.810. The van der Waals surface area contributed by atoms with Crippen molar-refractivity contribution in [3.63, 3.8) is 0 Å². The van der Waals surface area contributed by atoms with Gasteiger partial charge in [-0.15, -0.1) is 0 Å². The third-order valence-electron chi connectivity index (χ3n) is 9.04. The smallest absolute Gasteiger partial charge is 0.0839 e. The van der Waals surface area contributed by atoms with Crippen LogP contribution in [0.25, 0.3) is 0 Å². The second-order valence-corrected chi connectivity index (χ2v) is 13.6. The highest BCUT2D eigenvalue weighted by Crippen LogP contribution is 2.30. The van der Waals surface area contributed by atoms with Crippen molar-refractivity contribution in [2.75, 3.05) is 13.2 Å². The van der Waals surface area contributed by atoms with Gasteiger partial charge in [0.25, 0.3) is 0 Å². The van der Waals surface area contributed by atoms with Crippen LogP contribution in [-0.2, 0) is 9.47 Å². The van der Waals surface area contributed by atoms with E-state index < -0.39 is 0 Å². The first kappa shape index (κ1) is 40.9. The highest BCUT2D eigenvalue weighted by Gasteiger charge is 2.33. The van der Waals surface area contributed by atoms with E-state index in [0.29, 0.717) is 12.2 Å². The first-order valence-electron chi connectivity index (χ1n) is 19.6. The zero-order valence-corrected chi connectivity index (χ0v) is 30.0. The van der Waals surface area contributed by atoms with Crippen LogP contribution in [0.5, 0.6) is 0 Å². The summed E-state index contributed by atoms with van der Waals surface area (Å²) in [5, 5.41) is 0. The molecule has 0 unspecified atom stereocenters. The van der Waals surface area contributed by atoms with Gasteiger partial charge in [-0.1, -0.05) is 146 Å². The Bertz CT molecular complexity index is 632. The summed E-state index contributed by atoms with van der Waals surface area (Å²) in [5.74, 6) is 0.733. The van der Waals surface area contributed by atoms with Crippen LogP contribution < -0.4 is 0 Å². The molecule has 1 aliphatic carbocycles. The van der Waals surface area contributed by atoms with Crippen molar-refractivity contribution >= 4 is 0 Å². The summed E-state index contributed by atoms with van der Waals surface area (Å²) in [6.07, 6.45) is 52.9. The van der Waals surface area contributed by atoms with Gasteiger partial charge in [-0.25, -0.2) is 0 Å². The van der Waals surface area contributed by atoms with Crippen LogP contribution in [0.3, 0.4) is 0 Å². The van der Waals surface area contributed by atoms with Gasteiger partial charge in [0.15, 0.2) is 0 Å². The van der Waals surface area contributed by atoms with Crippen molar-refractivity contribution in [2.45, 2.75) is 200 Å². The minimum Gasteiger partial charge on any atom is -0.376 e. The fourth-order valence-corrected chi connectivity index (χ4v) is 6.19. The van der Waals surface area contributed by atoms with E-state index in [4.69, 9.17) is 9.47 Å². The zero-order chi connectivity index (χ0) is 31.6. The van der Waals surface area contributed by atoms with Gasteiger partial charge in [0.1, 0.15) is 0 Å². The first-order valence-corrected chi connectivity index (χ1v) is 19.6. The molecule has 0 heterocycles. The summed E-state index contributed by atoms with van der Waals surface area (Å²) < 4.78 is 12.7. The Balaban J connectivity index is 1.90. The highest BCUT2D eigenvalue weighted by molar-refractivity contribution is 4.93. The van der Waals surface area contributed by atoms with E-state index in [-0.39, 0.29) is 0 Å². The Morgan fingerprint density at radius 1 is 0.409 bits per heavy atom. The number of allylic oxidation sites excluding steroid dienone is 8. The van der Waals surface area contributed by atoms with Crippen molar-refractivity contribution in [3.05, 3.63) is 48.6 Å². The Hall–Kier alpha value is -1.12. The molecule has 2 nitrogen and oxygen atoms in total. The molecule has 0 bridgehead atoms. The number of hydrogen-bond donors (Lipinski definition) is 0. The highest BCUT2D eigenvalue weighted by atomic mass is 16.5. The first-order chi connectivity index (χ1) is 21.8. The molecule has 1 fully saturated rings. The lowest BCUT2D eigenvalue weighted by Gasteiger charge is -2.21. The maximum Gasteiger partial charge on any atom is 0.0839 e. The van der Waals surface area contributed by atoms with Crippen LogP contribution in [0.1, 0.15) is 188 Å². The van der Waals surface area contributed by atoms with Gasteiger partial charge in [0.05, 0.1) is 12.2 Å². The molecule has 0 saturated heterocycles. The summed E-state index contributed by atoms with van der Waals surface area (Å²) in [4.78, 5) is 0. The predicted octanol–water partition coefficient (Wildman–Crippen LogP) is 13.8. The Kier molecular flexibility index (Phi) is 30.9. The maximum atomic E-state index is 6.34. The average Bonchev–Trinajstić information content (AvgIpc) is 3.38. The van der Waals surface area contributed by atoms with Crippen molar-refractivity contribution in [2.24, 2.45) is 5.92 Å². The molecule has 0 aliphatic heterocycles. The van der Waals surface area contributed by atoms with Crippen molar-refractivity contribution in [1.29, 1.82) is 0 Å². The minimum atomic E-state index is 0.326. The van der Waals surface area contributed by atoms with Gasteiger partial charge in [0, 0.05) is 13.2 Å². The van der Waals surface area contributed by atoms with Crippen LogP contribution in [-0.4, -0.2) is 25.4 Å². The van der Waals surface area contributed by atoms with E-state index in [0.717, 1.165) is 32.0 Å². The second kappa shape index (κ2) is 33.2. The molecule has 0 N–H and O–H groups in total.